The molecule has 0 unspecified atom stereocenters. The standard InChI is InChI=1S/C15H12Cl2N2O2/c1-21-14-7-6-11(16)8-12(14)15(20)19-18-9-10-4-2-3-5-13(10)17/h2-9H,1H3,(H,19,20). The molecule has 0 saturated carbocycles. The van der Waals surface area contributed by atoms with E-state index < -0.39 is 5.91 Å². The zero-order valence-corrected chi connectivity index (χ0v) is 12.7. The molecule has 1 amide bonds. The minimum atomic E-state index is -0.419. The number of hydrogen-bond acceptors (Lipinski definition) is 3. The molecule has 0 aliphatic heterocycles. The minimum Gasteiger partial charge on any atom is -0.496 e. The molecule has 2 aromatic carbocycles. The summed E-state index contributed by atoms with van der Waals surface area (Å²) < 4.78 is 5.11. The zero-order valence-electron chi connectivity index (χ0n) is 11.1. The average molecular weight is 323 g/mol. The van der Waals surface area contributed by atoms with Gasteiger partial charge in [0, 0.05) is 15.6 Å². The average Bonchev–Trinajstić information content (AvgIpc) is 2.49. The molecule has 2 rings (SSSR count). The number of amides is 1. The summed E-state index contributed by atoms with van der Waals surface area (Å²) in [6, 6.07) is 12.0. The number of halogens is 2. The Morgan fingerprint density at radius 2 is 2.00 bits per heavy atom. The van der Waals surface area contributed by atoms with Crippen molar-refractivity contribution < 1.29 is 9.53 Å². The first-order valence-corrected chi connectivity index (χ1v) is 6.79. The van der Waals surface area contributed by atoms with E-state index in [1.165, 1.54) is 19.4 Å². The van der Waals surface area contributed by atoms with Gasteiger partial charge in [-0.25, -0.2) is 5.43 Å². The molecule has 0 fully saturated rings. The fraction of sp³-hybridized carbons (Fsp3) is 0.0667. The molecular weight excluding hydrogens is 311 g/mol. The van der Waals surface area contributed by atoms with Crippen molar-refractivity contribution in [2.24, 2.45) is 5.10 Å². The molecule has 108 valence electrons. The summed E-state index contributed by atoms with van der Waals surface area (Å²) in [6.07, 6.45) is 1.47. The molecule has 0 bridgehead atoms. The first kappa shape index (κ1) is 15.4. The smallest absolute Gasteiger partial charge is 0.275 e. The van der Waals surface area contributed by atoms with Gasteiger partial charge in [0.2, 0.25) is 0 Å². The van der Waals surface area contributed by atoms with Gasteiger partial charge in [0.25, 0.3) is 5.91 Å². The van der Waals surface area contributed by atoms with Crippen LogP contribution in [0.4, 0.5) is 0 Å². The van der Waals surface area contributed by atoms with Crippen LogP contribution in [0.3, 0.4) is 0 Å². The number of methoxy groups -OCH3 is 1. The van der Waals surface area contributed by atoms with E-state index in [0.29, 0.717) is 26.9 Å². The van der Waals surface area contributed by atoms with Gasteiger partial charge in [0.1, 0.15) is 5.75 Å². The third-order valence-corrected chi connectivity index (χ3v) is 3.26. The Kier molecular flexibility index (Phi) is 5.20. The molecule has 0 spiro atoms. The number of carbonyl (C=O) groups is 1. The van der Waals surface area contributed by atoms with Crippen molar-refractivity contribution in [3.05, 3.63) is 63.6 Å². The van der Waals surface area contributed by atoms with Crippen molar-refractivity contribution in [3.63, 3.8) is 0 Å². The Balaban J connectivity index is 2.12. The van der Waals surface area contributed by atoms with Gasteiger partial charge < -0.3 is 4.74 Å². The number of hydrogen-bond donors (Lipinski definition) is 1. The van der Waals surface area contributed by atoms with Crippen molar-refractivity contribution in [2.45, 2.75) is 0 Å². The summed E-state index contributed by atoms with van der Waals surface area (Å²) in [7, 11) is 1.48. The highest BCUT2D eigenvalue weighted by Gasteiger charge is 2.12. The van der Waals surface area contributed by atoms with Crippen LogP contribution in [0.1, 0.15) is 15.9 Å². The first-order chi connectivity index (χ1) is 10.1. The van der Waals surface area contributed by atoms with Crippen LogP contribution < -0.4 is 10.2 Å². The summed E-state index contributed by atoms with van der Waals surface area (Å²) in [6.45, 7) is 0. The van der Waals surface area contributed by atoms with Gasteiger partial charge in [-0.2, -0.15) is 5.10 Å². The highest BCUT2D eigenvalue weighted by Crippen LogP contribution is 2.22. The third kappa shape index (κ3) is 3.97. The molecule has 6 heteroatoms. The number of hydrazone groups is 1. The number of carbonyl (C=O) groups excluding carboxylic acids is 1. The lowest BCUT2D eigenvalue weighted by Crippen LogP contribution is -2.18. The molecule has 0 aliphatic rings. The Hall–Kier alpha value is -2.04. The molecular formula is C15H12Cl2N2O2. The van der Waals surface area contributed by atoms with E-state index in [-0.39, 0.29) is 0 Å². The van der Waals surface area contributed by atoms with Crippen molar-refractivity contribution in [2.75, 3.05) is 7.11 Å². The Morgan fingerprint density at radius 3 is 2.71 bits per heavy atom. The van der Waals surface area contributed by atoms with Gasteiger partial charge in [-0.05, 0) is 24.3 Å². The highest BCUT2D eigenvalue weighted by atomic mass is 35.5. The van der Waals surface area contributed by atoms with Gasteiger partial charge in [-0.3, -0.25) is 4.79 Å². The molecule has 4 nitrogen and oxygen atoms in total. The summed E-state index contributed by atoms with van der Waals surface area (Å²) in [4.78, 5) is 12.1. The lowest BCUT2D eigenvalue weighted by molar-refractivity contribution is 0.0952. The van der Waals surface area contributed by atoms with E-state index in [1.54, 1.807) is 24.3 Å². The SMILES string of the molecule is COc1ccc(Cl)cc1C(=O)NN=Cc1ccccc1Cl. The van der Waals surface area contributed by atoms with E-state index in [0.717, 1.165) is 0 Å². The van der Waals surface area contributed by atoms with Crippen molar-refractivity contribution in [1.82, 2.24) is 5.43 Å². The monoisotopic (exact) mass is 322 g/mol. The van der Waals surface area contributed by atoms with Crippen LogP contribution in [-0.4, -0.2) is 19.2 Å². The quantitative estimate of drug-likeness (QED) is 0.688. The minimum absolute atomic E-state index is 0.307. The van der Waals surface area contributed by atoms with Gasteiger partial charge in [-0.1, -0.05) is 41.4 Å². The predicted molar refractivity (Wildman–Crippen MR) is 84.5 cm³/mol. The second kappa shape index (κ2) is 7.11. The summed E-state index contributed by atoms with van der Waals surface area (Å²) in [5, 5.41) is 4.87. The molecule has 21 heavy (non-hydrogen) atoms. The zero-order chi connectivity index (χ0) is 15.2. The number of nitrogens with zero attached hydrogens (tertiary/aromatic N) is 1. The molecule has 0 aliphatic carbocycles. The second-order valence-electron chi connectivity index (χ2n) is 4.07. The Morgan fingerprint density at radius 1 is 1.24 bits per heavy atom. The Bertz CT molecular complexity index is 687. The van der Waals surface area contributed by atoms with Crippen molar-refractivity contribution in [1.29, 1.82) is 0 Å². The molecule has 0 heterocycles. The summed E-state index contributed by atoms with van der Waals surface area (Å²) >= 11 is 11.9. The Labute approximate surface area is 132 Å². The fourth-order valence-corrected chi connectivity index (χ4v) is 2.01. The van der Waals surface area contributed by atoms with Gasteiger partial charge >= 0.3 is 0 Å². The maximum atomic E-state index is 12.1. The van der Waals surface area contributed by atoms with Crippen LogP contribution in [0.25, 0.3) is 0 Å². The highest BCUT2D eigenvalue weighted by molar-refractivity contribution is 6.33. The van der Waals surface area contributed by atoms with E-state index in [4.69, 9.17) is 27.9 Å². The topological polar surface area (TPSA) is 50.7 Å². The van der Waals surface area contributed by atoms with Crippen LogP contribution in [-0.2, 0) is 0 Å². The van der Waals surface area contributed by atoms with Crippen LogP contribution in [0, 0.1) is 0 Å². The van der Waals surface area contributed by atoms with Crippen molar-refractivity contribution in [3.8, 4) is 5.75 Å². The van der Waals surface area contributed by atoms with Gasteiger partial charge in [0.05, 0.1) is 18.9 Å². The maximum absolute atomic E-state index is 12.1. The van der Waals surface area contributed by atoms with Crippen LogP contribution in [0.2, 0.25) is 10.0 Å². The number of rotatable bonds is 4. The predicted octanol–water partition coefficient (Wildman–Crippen LogP) is 3.77. The molecule has 1 N–H and O–H groups in total. The second-order valence-corrected chi connectivity index (χ2v) is 4.91. The van der Waals surface area contributed by atoms with Crippen LogP contribution in [0.5, 0.6) is 5.75 Å². The molecule has 0 aromatic heterocycles. The first-order valence-electron chi connectivity index (χ1n) is 6.03. The van der Waals surface area contributed by atoms with Crippen LogP contribution in [0.15, 0.2) is 47.6 Å². The van der Waals surface area contributed by atoms with E-state index in [1.807, 2.05) is 12.1 Å². The molecule has 0 saturated heterocycles. The third-order valence-electron chi connectivity index (χ3n) is 2.68. The fourth-order valence-electron chi connectivity index (χ4n) is 1.66. The van der Waals surface area contributed by atoms with E-state index in [9.17, 15) is 4.79 Å². The summed E-state index contributed by atoms with van der Waals surface area (Å²) in [5.41, 5.74) is 3.42. The number of nitrogens with one attached hydrogen (secondary N) is 1. The molecule has 0 radical (unpaired) electrons. The largest absolute Gasteiger partial charge is 0.496 e. The maximum Gasteiger partial charge on any atom is 0.275 e. The number of ether oxygens (including phenoxy) is 1. The van der Waals surface area contributed by atoms with Crippen LogP contribution >= 0.6 is 23.2 Å². The molecule has 0 atom stereocenters. The number of benzene rings is 2. The van der Waals surface area contributed by atoms with Gasteiger partial charge in [0.15, 0.2) is 0 Å². The van der Waals surface area contributed by atoms with Crippen molar-refractivity contribution >= 4 is 35.3 Å². The van der Waals surface area contributed by atoms with E-state index in [2.05, 4.69) is 10.5 Å². The lowest BCUT2D eigenvalue weighted by Gasteiger charge is -2.07. The lowest BCUT2D eigenvalue weighted by atomic mass is 10.2. The normalized spacial score (nSPS) is 10.6. The molecule has 2 aromatic rings. The summed E-state index contributed by atoms with van der Waals surface area (Å²) in [5.74, 6) is 0.00231. The van der Waals surface area contributed by atoms with Gasteiger partial charge in [-0.15, -0.1) is 0 Å². The van der Waals surface area contributed by atoms with E-state index >= 15 is 0 Å².